The molecule has 0 fully saturated rings. The third-order valence-electron chi connectivity index (χ3n) is 3.62. The number of nitrogens with zero attached hydrogens (tertiary/aromatic N) is 1. The number of aromatic nitrogens is 1. The number of aliphatic hydroxyl groups is 1. The molecule has 1 heterocycles. The first-order chi connectivity index (χ1) is 12.9. The number of hydrogen-bond acceptors (Lipinski definition) is 4. The van der Waals surface area contributed by atoms with Crippen LogP contribution in [0.15, 0.2) is 40.4 Å². The molecule has 154 valence electrons. The van der Waals surface area contributed by atoms with Gasteiger partial charge >= 0.3 is 6.18 Å². The van der Waals surface area contributed by atoms with Gasteiger partial charge in [-0.3, -0.25) is 0 Å². The fraction of sp³-hybridized carbons (Fsp3) is 0.389. The Morgan fingerprint density at radius 1 is 1.25 bits per heavy atom. The summed E-state index contributed by atoms with van der Waals surface area (Å²) in [6.45, 7) is 4.93. The predicted octanol–water partition coefficient (Wildman–Crippen LogP) is 4.95. The van der Waals surface area contributed by atoms with E-state index in [1.165, 1.54) is 6.20 Å². The molecule has 4 nitrogen and oxygen atoms in total. The maximum absolute atomic E-state index is 13.2. The lowest BCUT2D eigenvalue weighted by molar-refractivity contribution is -0.137. The number of hydrogen-bond donors (Lipinski definition) is 2. The second-order valence-electron chi connectivity index (χ2n) is 6.87. The second kappa shape index (κ2) is 9.13. The van der Waals surface area contributed by atoms with Crippen molar-refractivity contribution in [1.82, 2.24) is 9.71 Å². The van der Waals surface area contributed by atoms with E-state index in [1.54, 1.807) is 32.9 Å². The van der Waals surface area contributed by atoms with Crippen LogP contribution < -0.4 is 4.72 Å². The highest BCUT2D eigenvalue weighted by molar-refractivity contribution is 7.99. The van der Waals surface area contributed by atoms with Crippen molar-refractivity contribution in [3.63, 3.8) is 0 Å². The van der Waals surface area contributed by atoms with E-state index in [2.05, 4.69) is 9.71 Å². The minimum absolute atomic E-state index is 0.0723. The Kier molecular flexibility index (Phi) is 7.55. The monoisotopic (exact) mass is 452 g/mol. The molecule has 1 atom stereocenters. The van der Waals surface area contributed by atoms with Crippen LogP contribution in [0, 0.1) is 0 Å². The van der Waals surface area contributed by atoms with Gasteiger partial charge in [0, 0.05) is 23.2 Å². The molecule has 0 aliphatic carbocycles. The zero-order valence-electron chi connectivity index (χ0n) is 15.4. The van der Waals surface area contributed by atoms with Crippen LogP contribution in [0.4, 0.5) is 13.2 Å². The Bertz CT molecular complexity index is 871. The van der Waals surface area contributed by atoms with Crippen LogP contribution in [0.1, 0.15) is 37.5 Å². The zero-order valence-corrected chi connectivity index (χ0v) is 17.8. The summed E-state index contributed by atoms with van der Waals surface area (Å²) >= 11 is 7.24. The Balaban J connectivity index is 2.46. The number of benzene rings is 1. The number of halogens is 4. The van der Waals surface area contributed by atoms with Gasteiger partial charge in [-0.15, -0.1) is 0 Å². The average Bonchev–Trinajstić information content (AvgIpc) is 2.60. The molecular weight excluding hydrogens is 433 g/mol. The average molecular weight is 453 g/mol. The van der Waals surface area contributed by atoms with Gasteiger partial charge in [-0.2, -0.15) is 13.2 Å². The molecular formula is C18H20ClF3N2O2S2. The Labute approximate surface area is 173 Å². The van der Waals surface area contributed by atoms with Crippen LogP contribution in [0.2, 0.25) is 5.02 Å². The lowest BCUT2D eigenvalue weighted by Gasteiger charge is -2.20. The third-order valence-corrected chi connectivity index (χ3v) is 6.79. The first-order valence-corrected chi connectivity index (χ1v) is 10.6. The summed E-state index contributed by atoms with van der Waals surface area (Å²) in [4.78, 5) is 4.54. The highest BCUT2D eigenvalue weighted by Gasteiger charge is 2.32. The number of aliphatic hydroxyl groups excluding tert-OH is 1. The summed E-state index contributed by atoms with van der Waals surface area (Å²) < 4.78 is 54.1. The van der Waals surface area contributed by atoms with Crippen molar-refractivity contribution < 1.29 is 22.5 Å². The van der Waals surface area contributed by atoms with Gasteiger partial charge < -0.3 is 5.11 Å². The molecule has 1 aromatic carbocycles. The molecule has 0 aliphatic heterocycles. The van der Waals surface area contributed by atoms with Gasteiger partial charge in [0.15, 0.2) is 0 Å². The Hall–Kier alpha value is -1.13. The normalized spacial score (nSPS) is 13.6. The molecule has 28 heavy (non-hydrogen) atoms. The topological polar surface area (TPSA) is 62.2 Å². The van der Waals surface area contributed by atoms with Gasteiger partial charge in [0.2, 0.25) is 0 Å². The molecule has 0 saturated heterocycles. The molecule has 1 aromatic heterocycles. The van der Waals surface area contributed by atoms with E-state index in [1.807, 2.05) is 0 Å². The van der Waals surface area contributed by atoms with Gasteiger partial charge in [0.25, 0.3) is 0 Å². The van der Waals surface area contributed by atoms with Crippen molar-refractivity contribution in [2.75, 3.05) is 0 Å². The highest BCUT2D eigenvalue weighted by atomic mass is 35.5. The van der Waals surface area contributed by atoms with Crippen molar-refractivity contribution in [3.05, 3.63) is 52.2 Å². The van der Waals surface area contributed by atoms with Gasteiger partial charge in [0.05, 0.1) is 32.9 Å². The Morgan fingerprint density at radius 2 is 1.93 bits per heavy atom. The summed E-state index contributed by atoms with van der Waals surface area (Å²) in [6, 6.07) is 5.16. The SMILES string of the molecule is CC(C)(C)S(=O)NCc1cc(C(F)(F)F)cc(Cl)c1Sc1ncccc1CO. The largest absolute Gasteiger partial charge is 0.416 e. The molecule has 10 heteroatoms. The van der Waals surface area contributed by atoms with Crippen LogP contribution in [0.5, 0.6) is 0 Å². The molecule has 0 aliphatic rings. The van der Waals surface area contributed by atoms with Crippen molar-refractivity contribution in [2.24, 2.45) is 0 Å². The van der Waals surface area contributed by atoms with E-state index in [0.29, 0.717) is 15.5 Å². The number of pyridine rings is 1. The van der Waals surface area contributed by atoms with Crippen LogP contribution in [-0.2, 0) is 30.3 Å². The molecule has 2 N–H and O–H groups in total. The van der Waals surface area contributed by atoms with E-state index in [0.717, 1.165) is 23.9 Å². The quantitative estimate of drug-likeness (QED) is 0.651. The van der Waals surface area contributed by atoms with Crippen molar-refractivity contribution in [1.29, 1.82) is 0 Å². The van der Waals surface area contributed by atoms with Crippen molar-refractivity contribution >= 4 is 34.3 Å². The fourth-order valence-corrected chi connectivity index (χ4v) is 4.22. The standard InChI is InChI=1S/C18H20ClF3N2O2S2/c1-17(2,3)28(26)24-9-12-7-13(18(20,21)22)8-14(19)15(12)27-16-11(10-25)5-4-6-23-16/h4-8,24-25H,9-10H2,1-3H3. The molecule has 0 amide bonds. The molecule has 0 spiro atoms. The van der Waals surface area contributed by atoms with Crippen LogP contribution >= 0.6 is 23.4 Å². The third kappa shape index (κ3) is 5.93. The van der Waals surface area contributed by atoms with E-state index in [-0.39, 0.29) is 23.7 Å². The number of rotatable bonds is 6. The number of alkyl halides is 3. The zero-order chi connectivity index (χ0) is 21.1. The lowest BCUT2D eigenvalue weighted by Crippen LogP contribution is -2.33. The summed E-state index contributed by atoms with van der Waals surface area (Å²) in [5.41, 5.74) is -0.110. The van der Waals surface area contributed by atoms with Gasteiger partial charge in [-0.25, -0.2) is 13.9 Å². The molecule has 0 saturated carbocycles. The smallest absolute Gasteiger partial charge is 0.392 e. The predicted molar refractivity (Wildman–Crippen MR) is 105 cm³/mol. The second-order valence-corrected chi connectivity index (χ2v) is 10.3. The van der Waals surface area contributed by atoms with E-state index < -0.39 is 27.5 Å². The summed E-state index contributed by atoms with van der Waals surface area (Å²) in [5, 5.41) is 9.81. The fourth-order valence-electron chi connectivity index (χ4n) is 2.15. The Morgan fingerprint density at radius 3 is 2.50 bits per heavy atom. The molecule has 0 bridgehead atoms. The van der Waals surface area contributed by atoms with Crippen LogP contribution in [0.3, 0.4) is 0 Å². The van der Waals surface area contributed by atoms with E-state index >= 15 is 0 Å². The molecule has 0 radical (unpaired) electrons. The minimum atomic E-state index is -4.56. The first-order valence-electron chi connectivity index (χ1n) is 8.21. The summed E-state index contributed by atoms with van der Waals surface area (Å²) in [7, 11) is -1.47. The minimum Gasteiger partial charge on any atom is -0.392 e. The number of nitrogens with one attached hydrogen (secondary N) is 1. The highest BCUT2D eigenvalue weighted by Crippen LogP contribution is 2.41. The summed E-state index contributed by atoms with van der Waals surface area (Å²) in [6.07, 6.45) is -3.04. The molecule has 2 rings (SSSR count). The van der Waals surface area contributed by atoms with Crippen LogP contribution in [-0.4, -0.2) is 19.0 Å². The van der Waals surface area contributed by atoms with Crippen molar-refractivity contribution in [3.8, 4) is 0 Å². The van der Waals surface area contributed by atoms with E-state index in [4.69, 9.17) is 11.6 Å². The van der Waals surface area contributed by atoms with Gasteiger partial charge in [-0.05, 0) is 44.5 Å². The van der Waals surface area contributed by atoms with Gasteiger partial charge in [-0.1, -0.05) is 29.4 Å². The van der Waals surface area contributed by atoms with Crippen molar-refractivity contribution in [2.45, 2.75) is 54.8 Å². The maximum Gasteiger partial charge on any atom is 0.416 e. The molecule has 1 unspecified atom stereocenters. The van der Waals surface area contributed by atoms with Gasteiger partial charge in [0.1, 0.15) is 5.03 Å². The van der Waals surface area contributed by atoms with Crippen LogP contribution in [0.25, 0.3) is 0 Å². The molecule has 2 aromatic rings. The maximum atomic E-state index is 13.2. The first kappa shape index (κ1) is 23.2. The lowest BCUT2D eigenvalue weighted by atomic mass is 10.1. The van der Waals surface area contributed by atoms with E-state index in [9.17, 15) is 22.5 Å². The summed E-state index contributed by atoms with van der Waals surface area (Å²) in [5.74, 6) is 0.